The zero-order chi connectivity index (χ0) is 12.0. The van der Waals surface area contributed by atoms with Gasteiger partial charge in [-0.3, -0.25) is 9.59 Å². The highest BCUT2D eigenvalue weighted by Gasteiger charge is 2.10. The van der Waals surface area contributed by atoms with Crippen LogP contribution in [-0.4, -0.2) is 16.9 Å². The van der Waals surface area contributed by atoms with Gasteiger partial charge in [0.25, 0.3) is 5.91 Å². The number of terminal acetylenes is 1. The van der Waals surface area contributed by atoms with Crippen molar-refractivity contribution >= 4 is 5.91 Å². The normalized spacial score (nSPS) is 11.5. The minimum atomic E-state index is -0.317. The first-order chi connectivity index (χ1) is 7.67. The molecule has 0 aliphatic heterocycles. The number of amides is 1. The largest absolute Gasteiger partial charge is 0.338 e. The Morgan fingerprint density at radius 1 is 1.69 bits per heavy atom. The molecule has 1 unspecified atom stereocenters. The van der Waals surface area contributed by atoms with Gasteiger partial charge >= 0.3 is 0 Å². The van der Waals surface area contributed by atoms with Crippen molar-refractivity contribution in [3.8, 4) is 12.3 Å². The smallest absolute Gasteiger partial charge is 0.252 e. The van der Waals surface area contributed by atoms with E-state index in [-0.39, 0.29) is 17.5 Å². The van der Waals surface area contributed by atoms with E-state index in [1.54, 1.807) is 0 Å². The molecule has 0 saturated carbocycles. The van der Waals surface area contributed by atoms with Gasteiger partial charge in [-0.2, -0.15) is 0 Å². The van der Waals surface area contributed by atoms with Crippen LogP contribution in [-0.2, 0) is 0 Å². The lowest BCUT2D eigenvalue weighted by molar-refractivity contribution is 0.0944. The lowest BCUT2D eigenvalue weighted by Gasteiger charge is -2.11. The molecule has 1 atom stereocenters. The molecule has 0 aromatic carbocycles. The Balaban J connectivity index is 2.72. The second kappa shape index (κ2) is 5.76. The van der Waals surface area contributed by atoms with Crippen LogP contribution in [0.3, 0.4) is 0 Å². The van der Waals surface area contributed by atoms with E-state index >= 15 is 0 Å². The van der Waals surface area contributed by atoms with Crippen LogP contribution in [0, 0.1) is 12.3 Å². The van der Waals surface area contributed by atoms with Crippen LogP contribution in [0.15, 0.2) is 23.1 Å². The number of hydrogen-bond acceptors (Lipinski definition) is 2. The van der Waals surface area contributed by atoms with Crippen molar-refractivity contribution in [3.63, 3.8) is 0 Å². The van der Waals surface area contributed by atoms with Gasteiger partial charge in [0, 0.05) is 17.8 Å². The maximum absolute atomic E-state index is 11.7. The molecule has 0 saturated heterocycles. The molecule has 1 heterocycles. The Bertz CT molecular complexity index is 457. The summed E-state index contributed by atoms with van der Waals surface area (Å²) in [7, 11) is 0. The van der Waals surface area contributed by atoms with Gasteiger partial charge in [0.2, 0.25) is 5.56 Å². The van der Waals surface area contributed by atoms with E-state index in [0.29, 0.717) is 5.56 Å². The van der Waals surface area contributed by atoms with Crippen LogP contribution in [0.5, 0.6) is 0 Å². The van der Waals surface area contributed by atoms with Crippen LogP contribution in [0.2, 0.25) is 0 Å². The van der Waals surface area contributed by atoms with Gasteiger partial charge in [0.15, 0.2) is 0 Å². The molecular weight excluding hydrogens is 204 g/mol. The zero-order valence-electron chi connectivity index (χ0n) is 9.12. The standard InChI is InChI=1S/C12H14N2O2/c1-3-5-10(4-2)14-12(16)9-6-7-13-11(15)8-9/h2,6-8,10H,3,5H2,1H3,(H,13,15)(H,14,16). The van der Waals surface area contributed by atoms with E-state index in [1.165, 1.54) is 18.3 Å². The molecule has 0 spiro atoms. The van der Waals surface area contributed by atoms with Gasteiger partial charge in [-0.1, -0.05) is 19.3 Å². The third-order valence-corrected chi connectivity index (χ3v) is 2.12. The predicted molar refractivity (Wildman–Crippen MR) is 62.1 cm³/mol. The quantitative estimate of drug-likeness (QED) is 0.738. The van der Waals surface area contributed by atoms with E-state index in [9.17, 15) is 9.59 Å². The summed E-state index contributed by atoms with van der Waals surface area (Å²) < 4.78 is 0. The molecule has 4 heteroatoms. The number of carbonyl (C=O) groups is 1. The minimum absolute atomic E-state index is 0.281. The summed E-state index contributed by atoms with van der Waals surface area (Å²) in [6.07, 6.45) is 8.34. The Kier molecular flexibility index (Phi) is 4.34. The predicted octanol–water partition coefficient (Wildman–Crippen LogP) is 0.907. The van der Waals surface area contributed by atoms with Crippen molar-refractivity contribution < 1.29 is 4.79 Å². The van der Waals surface area contributed by atoms with Gasteiger partial charge in [0.1, 0.15) is 0 Å². The van der Waals surface area contributed by atoms with Crippen molar-refractivity contribution in [2.24, 2.45) is 0 Å². The fourth-order valence-corrected chi connectivity index (χ4v) is 1.31. The van der Waals surface area contributed by atoms with Crippen LogP contribution >= 0.6 is 0 Å². The zero-order valence-corrected chi connectivity index (χ0v) is 9.12. The van der Waals surface area contributed by atoms with E-state index < -0.39 is 0 Å². The van der Waals surface area contributed by atoms with Crippen molar-refractivity contribution in [1.29, 1.82) is 0 Å². The van der Waals surface area contributed by atoms with Crippen LogP contribution in [0.25, 0.3) is 0 Å². The first-order valence-corrected chi connectivity index (χ1v) is 5.13. The Morgan fingerprint density at radius 2 is 2.44 bits per heavy atom. The van der Waals surface area contributed by atoms with Gasteiger partial charge in [-0.25, -0.2) is 0 Å². The maximum atomic E-state index is 11.7. The summed E-state index contributed by atoms with van der Waals surface area (Å²) in [6.45, 7) is 1.99. The second-order valence-electron chi connectivity index (χ2n) is 3.42. The van der Waals surface area contributed by atoms with Crippen LogP contribution in [0.4, 0.5) is 0 Å². The minimum Gasteiger partial charge on any atom is -0.338 e. The molecule has 0 bridgehead atoms. The fourth-order valence-electron chi connectivity index (χ4n) is 1.31. The summed E-state index contributed by atoms with van der Waals surface area (Å²) in [5, 5.41) is 2.68. The summed E-state index contributed by atoms with van der Waals surface area (Å²) in [5.41, 5.74) is 0.0144. The first-order valence-electron chi connectivity index (χ1n) is 5.13. The SMILES string of the molecule is C#CC(CCC)NC(=O)c1cc[nH]c(=O)c1. The Labute approximate surface area is 94.1 Å². The average molecular weight is 218 g/mol. The van der Waals surface area contributed by atoms with Crippen LogP contribution < -0.4 is 10.9 Å². The lowest BCUT2D eigenvalue weighted by Crippen LogP contribution is -2.34. The Hall–Kier alpha value is -2.02. The molecule has 2 N–H and O–H groups in total. The number of hydrogen-bond donors (Lipinski definition) is 2. The summed E-state index contributed by atoms with van der Waals surface area (Å²) in [5.74, 6) is 2.18. The molecule has 0 radical (unpaired) electrons. The molecule has 0 aliphatic rings. The highest BCUT2D eigenvalue weighted by molar-refractivity contribution is 5.94. The molecule has 0 fully saturated rings. The number of rotatable bonds is 4. The first kappa shape index (κ1) is 12.1. The summed E-state index contributed by atoms with van der Waals surface area (Å²) >= 11 is 0. The number of H-pyrrole nitrogens is 1. The van der Waals surface area contributed by atoms with E-state index in [4.69, 9.17) is 6.42 Å². The lowest BCUT2D eigenvalue weighted by atomic mass is 10.1. The van der Waals surface area contributed by atoms with Gasteiger partial charge in [-0.15, -0.1) is 6.42 Å². The Morgan fingerprint density at radius 3 is 3.00 bits per heavy atom. The monoisotopic (exact) mass is 218 g/mol. The topological polar surface area (TPSA) is 62.0 Å². The van der Waals surface area contributed by atoms with Crippen LogP contribution in [0.1, 0.15) is 30.1 Å². The molecule has 4 nitrogen and oxygen atoms in total. The summed E-state index contributed by atoms with van der Waals surface area (Å²) in [4.78, 5) is 25.1. The second-order valence-corrected chi connectivity index (χ2v) is 3.42. The van der Waals surface area contributed by atoms with E-state index in [1.807, 2.05) is 6.92 Å². The number of carbonyl (C=O) groups excluding carboxylic acids is 1. The molecule has 1 aromatic rings. The molecule has 16 heavy (non-hydrogen) atoms. The van der Waals surface area contributed by atoms with E-state index in [0.717, 1.165) is 12.8 Å². The highest BCUT2D eigenvalue weighted by Crippen LogP contribution is 1.98. The molecule has 1 aromatic heterocycles. The maximum Gasteiger partial charge on any atom is 0.252 e. The van der Waals surface area contributed by atoms with Gasteiger partial charge < -0.3 is 10.3 Å². The van der Waals surface area contributed by atoms with Crippen molar-refractivity contribution in [1.82, 2.24) is 10.3 Å². The molecule has 1 rings (SSSR count). The van der Waals surface area contributed by atoms with Gasteiger partial charge in [0.05, 0.1) is 6.04 Å². The number of pyridine rings is 1. The molecule has 1 amide bonds. The summed E-state index contributed by atoms with van der Waals surface area (Å²) in [6, 6.07) is 2.50. The number of nitrogens with one attached hydrogen (secondary N) is 2. The molecule has 0 aliphatic carbocycles. The van der Waals surface area contributed by atoms with Crippen molar-refractivity contribution in [2.75, 3.05) is 0 Å². The van der Waals surface area contributed by atoms with E-state index in [2.05, 4.69) is 16.2 Å². The highest BCUT2D eigenvalue weighted by atomic mass is 16.2. The average Bonchev–Trinajstić information content (AvgIpc) is 2.28. The molecule has 84 valence electrons. The number of aromatic nitrogens is 1. The number of aromatic amines is 1. The molecular formula is C12H14N2O2. The van der Waals surface area contributed by atoms with Gasteiger partial charge in [-0.05, 0) is 12.5 Å². The fraction of sp³-hybridized carbons (Fsp3) is 0.333. The third kappa shape index (κ3) is 3.28. The third-order valence-electron chi connectivity index (χ3n) is 2.12. The van der Waals surface area contributed by atoms with Crippen molar-refractivity contribution in [3.05, 3.63) is 34.2 Å². The van der Waals surface area contributed by atoms with Crippen molar-refractivity contribution in [2.45, 2.75) is 25.8 Å².